The zero-order valence-corrected chi connectivity index (χ0v) is 12.4. The van der Waals surface area contributed by atoms with E-state index in [-0.39, 0.29) is 0 Å². The Hall–Kier alpha value is -1.32. The highest BCUT2D eigenvalue weighted by Crippen LogP contribution is 2.22. The standard InChI is InChI=1S/C15H26N4/c1-4-5-8-16-15-17-13(3)10-14(18-15)19-9-6-7-12(2)11-19/h10,12H,4-9,11H2,1-3H3,(H,16,17,18). The summed E-state index contributed by atoms with van der Waals surface area (Å²) in [7, 11) is 0. The van der Waals surface area contributed by atoms with Gasteiger partial charge in [0.15, 0.2) is 0 Å². The lowest BCUT2D eigenvalue weighted by Crippen LogP contribution is -2.35. The van der Waals surface area contributed by atoms with Crippen LogP contribution in [0.2, 0.25) is 0 Å². The Bertz CT molecular complexity index is 405. The number of aromatic nitrogens is 2. The molecule has 106 valence electrons. The molecule has 1 atom stereocenters. The monoisotopic (exact) mass is 262 g/mol. The molecule has 0 spiro atoms. The Morgan fingerprint density at radius 1 is 1.42 bits per heavy atom. The van der Waals surface area contributed by atoms with Gasteiger partial charge < -0.3 is 10.2 Å². The van der Waals surface area contributed by atoms with Crippen LogP contribution in [0.5, 0.6) is 0 Å². The van der Waals surface area contributed by atoms with Crippen LogP contribution in [-0.2, 0) is 0 Å². The number of hydrogen-bond acceptors (Lipinski definition) is 4. The molecule has 0 amide bonds. The number of hydrogen-bond donors (Lipinski definition) is 1. The van der Waals surface area contributed by atoms with Gasteiger partial charge in [0.05, 0.1) is 0 Å². The van der Waals surface area contributed by atoms with E-state index in [1.54, 1.807) is 0 Å². The molecular weight excluding hydrogens is 236 g/mol. The highest BCUT2D eigenvalue weighted by atomic mass is 15.2. The van der Waals surface area contributed by atoms with E-state index in [9.17, 15) is 0 Å². The summed E-state index contributed by atoms with van der Waals surface area (Å²) in [5, 5.41) is 3.33. The highest BCUT2D eigenvalue weighted by Gasteiger charge is 2.18. The van der Waals surface area contributed by atoms with E-state index in [1.807, 2.05) is 6.92 Å². The summed E-state index contributed by atoms with van der Waals surface area (Å²) in [6.45, 7) is 9.75. The largest absolute Gasteiger partial charge is 0.356 e. The van der Waals surface area contributed by atoms with Gasteiger partial charge in [0, 0.05) is 31.4 Å². The van der Waals surface area contributed by atoms with E-state index in [0.29, 0.717) is 0 Å². The van der Waals surface area contributed by atoms with Gasteiger partial charge in [-0.05, 0) is 32.1 Å². The quantitative estimate of drug-likeness (QED) is 0.827. The van der Waals surface area contributed by atoms with E-state index in [2.05, 4.69) is 40.1 Å². The third kappa shape index (κ3) is 4.08. The van der Waals surface area contributed by atoms with Crippen LogP contribution in [0.15, 0.2) is 6.07 Å². The number of nitrogens with zero attached hydrogens (tertiary/aromatic N) is 3. The minimum Gasteiger partial charge on any atom is -0.356 e. The maximum atomic E-state index is 4.67. The summed E-state index contributed by atoms with van der Waals surface area (Å²) in [4.78, 5) is 11.5. The molecule has 1 fully saturated rings. The minimum atomic E-state index is 0.764. The molecule has 1 saturated heterocycles. The van der Waals surface area contributed by atoms with Crippen molar-refractivity contribution in [1.82, 2.24) is 9.97 Å². The second-order valence-electron chi connectivity index (χ2n) is 5.66. The van der Waals surface area contributed by atoms with Crippen LogP contribution in [0.4, 0.5) is 11.8 Å². The van der Waals surface area contributed by atoms with Crippen LogP contribution in [0.25, 0.3) is 0 Å². The number of piperidine rings is 1. The van der Waals surface area contributed by atoms with Gasteiger partial charge in [-0.25, -0.2) is 4.98 Å². The molecular formula is C15H26N4. The number of unbranched alkanes of at least 4 members (excludes halogenated alkanes) is 1. The molecule has 0 bridgehead atoms. The van der Waals surface area contributed by atoms with Crippen LogP contribution < -0.4 is 10.2 Å². The molecule has 19 heavy (non-hydrogen) atoms. The van der Waals surface area contributed by atoms with E-state index in [4.69, 9.17) is 0 Å². The molecule has 1 unspecified atom stereocenters. The fourth-order valence-electron chi connectivity index (χ4n) is 2.57. The molecule has 4 heteroatoms. The first-order valence-electron chi connectivity index (χ1n) is 7.53. The Morgan fingerprint density at radius 2 is 2.26 bits per heavy atom. The topological polar surface area (TPSA) is 41.1 Å². The predicted molar refractivity (Wildman–Crippen MR) is 80.8 cm³/mol. The first-order chi connectivity index (χ1) is 9.19. The summed E-state index contributed by atoms with van der Waals surface area (Å²) >= 11 is 0. The van der Waals surface area contributed by atoms with Crippen molar-refractivity contribution in [3.8, 4) is 0 Å². The summed E-state index contributed by atoms with van der Waals surface area (Å²) in [5.74, 6) is 2.63. The molecule has 1 N–H and O–H groups in total. The van der Waals surface area contributed by atoms with Crippen LogP contribution in [0.3, 0.4) is 0 Å². The van der Waals surface area contributed by atoms with Crippen molar-refractivity contribution in [2.75, 3.05) is 29.9 Å². The zero-order valence-electron chi connectivity index (χ0n) is 12.4. The SMILES string of the molecule is CCCCNc1nc(C)cc(N2CCCC(C)C2)n1. The van der Waals surface area contributed by atoms with Gasteiger partial charge in [-0.1, -0.05) is 20.3 Å². The molecule has 0 radical (unpaired) electrons. The van der Waals surface area contributed by atoms with Gasteiger partial charge in [0.2, 0.25) is 5.95 Å². The minimum absolute atomic E-state index is 0.764. The lowest BCUT2D eigenvalue weighted by atomic mass is 10.0. The van der Waals surface area contributed by atoms with E-state index in [0.717, 1.165) is 49.4 Å². The van der Waals surface area contributed by atoms with Crippen molar-refractivity contribution in [2.24, 2.45) is 5.92 Å². The lowest BCUT2D eigenvalue weighted by molar-refractivity contribution is 0.444. The number of anilines is 2. The molecule has 1 aliphatic rings. The molecule has 2 rings (SSSR count). The normalized spacial score (nSPS) is 19.5. The molecule has 1 aromatic rings. The van der Waals surface area contributed by atoms with Crippen LogP contribution in [0, 0.1) is 12.8 Å². The summed E-state index contributed by atoms with van der Waals surface area (Å²) < 4.78 is 0. The summed E-state index contributed by atoms with van der Waals surface area (Å²) in [6, 6.07) is 2.10. The summed E-state index contributed by atoms with van der Waals surface area (Å²) in [6.07, 6.45) is 4.95. The highest BCUT2D eigenvalue weighted by molar-refractivity contribution is 5.45. The second-order valence-corrected chi connectivity index (χ2v) is 5.66. The maximum Gasteiger partial charge on any atom is 0.224 e. The van der Waals surface area contributed by atoms with Crippen molar-refractivity contribution in [3.05, 3.63) is 11.8 Å². The van der Waals surface area contributed by atoms with Gasteiger partial charge in [0.25, 0.3) is 0 Å². The maximum absolute atomic E-state index is 4.67. The summed E-state index contributed by atoms with van der Waals surface area (Å²) in [5.41, 5.74) is 1.04. The Balaban J connectivity index is 2.07. The number of nitrogens with one attached hydrogen (secondary N) is 1. The molecule has 0 saturated carbocycles. The zero-order chi connectivity index (χ0) is 13.7. The molecule has 0 aromatic carbocycles. The molecule has 0 aliphatic carbocycles. The third-order valence-corrected chi connectivity index (χ3v) is 3.64. The first-order valence-corrected chi connectivity index (χ1v) is 7.53. The van der Waals surface area contributed by atoms with Gasteiger partial charge >= 0.3 is 0 Å². The van der Waals surface area contributed by atoms with Crippen molar-refractivity contribution in [3.63, 3.8) is 0 Å². The fraction of sp³-hybridized carbons (Fsp3) is 0.733. The van der Waals surface area contributed by atoms with E-state index in [1.165, 1.54) is 19.3 Å². The van der Waals surface area contributed by atoms with E-state index >= 15 is 0 Å². The average molecular weight is 262 g/mol. The number of rotatable bonds is 5. The molecule has 1 aliphatic heterocycles. The van der Waals surface area contributed by atoms with Crippen LogP contribution in [0.1, 0.15) is 45.2 Å². The lowest BCUT2D eigenvalue weighted by Gasteiger charge is -2.32. The first kappa shape index (κ1) is 14.1. The van der Waals surface area contributed by atoms with Crippen LogP contribution >= 0.6 is 0 Å². The second kappa shape index (κ2) is 6.73. The fourth-order valence-corrected chi connectivity index (χ4v) is 2.57. The Kier molecular flexibility index (Phi) is 5.00. The van der Waals surface area contributed by atoms with Crippen molar-refractivity contribution >= 4 is 11.8 Å². The van der Waals surface area contributed by atoms with Crippen molar-refractivity contribution in [2.45, 2.75) is 46.5 Å². The van der Waals surface area contributed by atoms with Gasteiger partial charge in [-0.3, -0.25) is 0 Å². The van der Waals surface area contributed by atoms with Crippen molar-refractivity contribution < 1.29 is 0 Å². The molecule has 1 aromatic heterocycles. The average Bonchev–Trinajstić information content (AvgIpc) is 2.38. The smallest absolute Gasteiger partial charge is 0.224 e. The Morgan fingerprint density at radius 3 is 3.00 bits per heavy atom. The molecule has 4 nitrogen and oxygen atoms in total. The predicted octanol–water partition coefficient (Wildman–Crippen LogP) is 3.23. The Labute approximate surface area is 116 Å². The number of aryl methyl sites for hydroxylation is 1. The van der Waals surface area contributed by atoms with Gasteiger partial charge in [-0.2, -0.15) is 4.98 Å². The van der Waals surface area contributed by atoms with Crippen LogP contribution in [-0.4, -0.2) is 29.6 Å². The van der Waals surface area contributed by atoms with E-state index < -0.39 is 0 Å². The van der Waals surface area contributed by atoms with Gasteiger partial charge in [0.1, 0.15) is 5.82 Å². The molecule has 2 heterocycles. The van der Waals surface area contributed by atoms with Gasteiger partial charge in [-0.15, -0.1) is 0 Å². The van der Waals surface area contributed by atoms with Crippen molar-refractivity contribution in [1.29, 1.82) is 0 Å². The third-order valence-electron chi connectivity index (χ3n) is 3.64.